The Bertz CT molecular complexity index is 601. The molecule has 43 heavy (non-hydrogen) atoms. The van der Waals surface area contributed by atoms with Crippen LogP contribution in [-0.2, 0) is 9.32 Å². The second-order valence-corrected chi connectivity index (χ2v) is 14.8. The van der Waals surface area contributed by atoms with Gasteiger partial charge in [0.1, 0.15) is 12.3 Å². The summed E-state index contributed by atoms with van der Waals surface area (Å²) >= 11 is 0. The summed E-state index contributed by atoms with van der Waals surface area (Å²) in [5.41, 5.74) is 0. The zero-order chi connectivity index (χ0) is 31.7. The molecule has 0 aromatic heterocycles. The van der Waals surface area contributed by atoms with Crippen molar-refractivity contribution in [2.24, 2.45) is 0 Å². The zero-order valence-corrected chi connectivity index (χ0v) is 30.9. The van der Waals surface area contributed by atoms with Gasteiger partial charge in [-0.25, -0.2) is 0 Å². The second kappa shape index (κ2) is 33.1. The van der Waals surface area contributed by atoms with Crippen LogP contribution in [0, 0.1) is 0 Å². The summed E-state index contributed by atoms with van der Waals surface area (Å²) in [5.74, 6) is 0.512. The number of nitrogens with zero attached hydrogens (tertiary/aromatic N) is 1. The Hall–Kier alpha value is -0.240. The van der Waals surface area contributed by atoms with Gasteiger partial charge in [-0.2, -0.15) is 0 Å². The molecule has 0 aliphatic rings. The second-order valence-electron chi connectivity index (χ2n) is 14.6. The molecule has 3 nitrogen and oxygen atoms in total. The average molecular weight is 624 g/mol. The first-order valence-corrected chi connectivity index (χ1v) is 19.6. The van der Waals surface area contributed by atoms with E-state index in [1.54, 1.807) is 0 Å². The van der Waals surface area contributed by atoms with E-state index in [1.807, 2.05) is 0 Å². The molecular formula is C39H78NO2P. The molecule has 0 aromatic rings. The van der Waals surface area contributed by atoms with Crippen molar-refractivity contribution in [2.45, 2.75) is 206 Å². The molecule has 1 atom stereocenters. The van der Waals surface area contributed by atoms with E-state index >= 15 is 0 Å². The number of Topliss-reactive ketones (excluding diaryl/α,β-unsaturated/α-hetero) is 1. The molecule has 0 amide bonds. The highest BCUT2D eigenvalue weighted by Crippen LogP contribution is 2.16. The lowest BCUT2D eigenvalue weighted by molar-refractivity contribution is -0.873. The Balaban J connectivity index is 3.30. The minimum absolute atomic E-state index is 0.320. The Kier molecular flexibility index (Phi) is 32.9. The number of ketones is 1. The first kappa shape index (κ1) is 42.8. The van der Waals surface area contributed by atoms with Crippen molar-refractivity contribution in [3.8, 4) is 0 Å². The van der Waals surface area contributed by atoms with Crippen LogP contribution in [0.2, 0.25) is 0 Å². The van der Waals surface area contributed by atoms with E-state index in [0.717, 1.165) is 43.1 Å². The van der Waals surface area contributed by atoms with Gasteiger partial charge in [-0.15, -0.1) is 0 Å². The number of carbonyl (C=O) groups excluding carboxylic acids is 1. The summed E-state index contributed by atoms with van der Waals surface area (Å²) in [6.45, 7) is 3.34. The number of rotatable bonds is 35. The third kappa shape index (κ3) is 36.1. The van der Waals surface area contributed by atoms with Crippen LogP contribution in [-0.4, -0.2) is 44.1 Å². The number of likely N-dealkylation sites (N-methyl/N-ethyl adjacent to an activating group) is 1. The van der Waals surface area contributed by atoms with Crippen LogP contribution in [0.3, 0.4) is 0 Å². The van der Waals surface area contributed by atoms with Crippen molar-refractivity contribution in [2.75, 3.05) is 27.7 Å². The summed E-state index contributed by atoms with van der Waals surface area (Å²) in [6.07, 6.45) is 43.9. The first-order valence-electron chi connectivity index (χ1n) is 19.2. The van der Waals surface area contributed by atoms with Crippen molar-refractivity contribution < 1.29 is 13.8 Å². The monoisotopic (exact) mass is 624 g/mol. The number of hydrogen-bond donors (Lipinski definition) is 0. The molecule has 0 aromatic carbocycles. The average Bonchev–Trinajstić information content (AvgIpc) is 2.97. The van der Waals surface area contributed by atoms with E-state index in [4.69, 9.17) is 4.52 Å². The minimum atomic E-state index is 0.320. The highest BCUT2D eigenvalue weighted by atomic mass is 31.0. The Morgan fingerprint density at radius 2 is 0.907 bits per heavy atom. The summed E-state index contributed by atoms with van der Waals surface area (Å²) < 4.78 is 6.42. The van der Waals surface area contributed by atoms with Crippen LogP contribution in [0.1, 0.15) is 200 Å². The van der Waals surface area contributed by atoms with Gasteiger partial charge in [-0.05, 0) is 44.9 Å². The van der Waals surface area contributed by atoms with Crippen molar-refractivity contribution in [1.82, 2.24) is 0 Å². The number of allylic oxidation sites excluding steroid dienone is 2. The fourth-order valence-electron chi connectivity index (χ4n) is 6.13. The molecule has 4 heteroatoms. The lowest BCUT2D eigenvalue weighted by atomic mass is 10.0. The van der Waals surface area contributed by atoms with Crippen LogP contribution >= 0.6 is 9.47 Å². The lowest BCUT2D eigenvalue weighted by Gasteiger charge is -2.31. The Labute approximate surface area is 274 Å². The fraction of sp³-hybridized carbons (Fsp3) is 0.923. The van der Waals surface area contributed by atoms with Gasteiger partial charge in [0, 0.05) is 12.8 Å². The maximum absolute atomic E-state index is 12.2. The molecule has 0 N–H and O–H groups in total. The SMILES string of the molecule is CCCCCCCCCCCCCCCC(=O)CCCCCCCCC=CCCCCCCCCC(C[N+](C)(C)C)O[PH-]. The van der Waals surface area contributed by atoms with Crippen molar-refractivity contribution in [3.05, 3.63) is 12.2 Å². The van der Waals surface area contributed by atoms with E-state index in [0.29, 0.717) is 11.9 Å². The molecule has 1 unspecified atom stereocenters. The predicted molar refractivity (Wildman–Crippen MR) is 194 cm³/mol. The highest BCUT2D eigenvalue weighted by molar-refractivity contribution is 7.09. The molecule has 0 saturated heterocycles. The topological polar surface area (TPSA) is 26.3 Å². The molecule has 0 saturated carbocycles. The predicted octanol–water partition coefficient (Wildman–Crippen LogP) is 13.0. The standard InChI is InChI=1S/C39H78NO2P/c1-5-6-7-8-9-10-11-16-19-22-25-28-31-34-38(41)35-32-29-26-23-20-17-14-12-13-15-18-21-24-27-30-33-36-39(42-43)37-40(2,3)4/h12-13,39,43H,5-11,14-37H2,1-4H3. The van der Waals surface area contributed by atoms with Crippen molar-refractivity contribution >= 4 is 15.2 Å². The van der Waals surface area contributed by atoms with E-state index < -0.39 is 0 Å². The summed E-state index contributed by atoms with van der Waals surface area (Å²) in [6, 6.07) is 0. The molecule has 0 spiro atoms. The quantitative estimate of drug-likeness (QED) is 0.0304. The normalized spacial score (nSPS) is 12.9. The molecule has 0 rings (SSSR count). The van der Waals surface area contributed by atoms with E-state index in [2.05, 4.69) is 49.7 Å². The molecule has 0 radical (unpaired) electrons. The van der Waals surface area contributed by atoms with E-state index in [-0.39, 0.29) is 0 Å². The third-order valence-corrected chi connectivity index (χ3v) is 9.20. The molecular weight excluding hydrogens is 545 g/mol. The molecule has 256 valence electrons. The van der Waals surface area contributed by atoms with Gasteiger partial charge in [0.05, 0.1) is 27.2 Å². The van der Waals surface area contributed by atoms with Crippen LogP contribution < -0.4 is 0 Å². The molecule has 0 heterocycles. The molecule has 0 bridgehead atoms. The van der Waals surface area contributed by atoms with Crippen LogP contribution in [0.15, 0.2) is 12.2 Å². The fourth-order valence-corrected chi connectivity index (χ4v) is 6.32. The zero-order valence-electron chi connectivity index (χ0n) is 29.9. The smallest absolute Gasteiger partial charge is 0.132 e. The largest absolute Gasteiger partial charge is 0.554 e. The summed E-state index contributed by atoms with van der Waals surface area (Å²) in [5, 5.41) is 0. The summed E-state index contributed by atoms with van der Waals surface area (Å²) in [7, 11) is 9.94. The number of quaternary nitrogens is 1. The van der Waals surface area contributed by atoms with Gasteiger partial charge < -0.3 is 18.5 Å². The third-order valence-electron chi connectivity index (χ3n) is 8.87. The van der Waals surface area contributed by atoms with E-state index in [1.165, 1.54) is 161 Å². The van der Waals surface area contributed by atoms with Gasteiger partial charge in [-0.1, -0.05) is 154 Å². The lowest BCUT2D eigenvalue weighted by Crippen LogP contribution is -2.41. The van der Waals surface area contributed by atoms with Crippen LogP contribution in [0.25, 0.3) is 0 Å². The maximum Gasteiger partial charge on any atom is 0.132 e. The molecule has 0 fully saturated rings. The van der Waals surface area contributed by atoms with Crippen molar-refractivity contribution in [3.63, 3.8) is 0 Å². The van der Waals surface area contributed by atoms with Gasteiger partial charge >= 0.3 is 0 Å². The Morgan fingerprint density at radius 3 is 1.28 bits per heavy atom. The molecule has 0 aliphatic carbocycles. The maximum atomic E-state index is 12.2. The number of hydrogen-bond acceptors (Lipinski definition) is 2. The number of carbonyl (C=O) groups is 1. The van der Waals surface area contributed by atoms with Crippen LogP contribution in [0.4, 0.5) is 0 Å². The van der Waals surface area contributed by atoms with Crippen LogP contribution in [0.5, 0.6) is 0 Å². The first-order chi connectivity index (χ1) is 20.9. The van der Waals surface area contributed by atoms with Gasteiger partial charge in [0.15, 0.2) is 0 Å². The minimum Gasteiger partial charge on any atom is -0.554 e. The van der Waals surface area contributed by atoms with Gasteiger partial charge in [0.25, 0.3) is 0 Å². The highest BCUT2D eigenvalue weighted by Gasteiger charge is 2.14. The van der Waals surface area contributed by atoms with E-state index in [9.17, 15) is 4.79 Å². The van der Waals surface area contributed by atoms with Crippen molar-refractivity contribution in [1.29, 1.82) is 0 Å². The number of unbranched alkanes of at least 4 members (excludes halogenated alkanes) is 24. The summed E-state index contributed by atoms with van der Waals surface area (Å²) in [4.78, 5) is 12.2. The van der Waals surface area contributed by atoms with Gasteiger partial charge in [0.2, 0.25) is 0 Å². The Morgan fingerprint density at radius 1 is 0.558 bits per heavy atom. The van der Waals surface area contributed by atoms with Gasteiger partial charge in [-0.3, -0.25) is 4.79 Å². The molecule has 0 aliphatic heterocycles.